The van der Waals surface area contributed by atoms with Crippen molar-refractivity contribution in [3.05, 3.63) is 77.4 Å². The minimum atomic E-state index is -0.960. The van der Waals surface area contributed by atoms with Crippen LogP contribution in [0.5, 0.6) is 17.2 Å². The number of aliphatic carboxylic acids is 1. The Morgan fingerprint density at radius 2 is 1.94 bits per heavy atom. The van der Waals surface area contributed by atoms with E-state index >= 15 is 0 Å². The maximum absolute atomic E-state index is 14.2. The lowest BCUT2D eigenvalue weighted by Gasteiger charge is -2.31. The minimum Gasteiger partial charge on any atom is -0.493 e. The maximum Gasteiger partial charge on any atom is 0.308 e. The number of nitrogens with zero attached hydrogens (tertiary/aromatic N) is 3. The number of amides is 2. The summed E-state index contributed by atoms with van der Waals surface area (Å²) in [6.45, 7) is 3.71. The monoisotopic (exact) mass is 642 g/mol. The van der Waals surface area contributed by atoms with Crippen molar-refractivity contribution < 1.29 is 33.7 Å². The lowest BCUT2D eigenvalue weighted by Crippen LogP contribution is -2.46. The van der Waals surface area contributed by atoms with Gasteiger partial charge in [0.15, 0.2) is 11.5 Å². The summed E-state index contributed by atoms with van der Waals surface area (Å²) in [4.78, 5) is 45.9. The molecule has 3 N–H and O–H groups in total. The summed E-state index contributed by atoms with van der Waals surface area (Å²) < 4.78 is 16.9. The average molecular weight is 643 g/mol. The highest BCUT2D eigenvalue weighted by Gasteiger charge is 2.48. The van der Waals surface area contributed by atoms with Crippen LogP contribution >= 0.6 is 0 Å². The van der Waals surface area contributed by atoms with Gasteiger partial charge in [0.05, 0.1) is 26.0 Å². The van der Waals surface area contributed by atoms with Gasteiger partial charge in [0.1, 0.15) is 0 Å². The highest BCUT2D eigenvalue weighted by molar-refractivity contribution is 6.01. The first-order valence-corrected chi connectivity index (χ1v) is 16.2. The molecule has 3 heterocycles. The molecule has 11 nitrogen and oxygen atoms in total. The van der Waals surface area contributed by atoms with Gasteiger partial charge in [-0.1, -0.05) is 43.7 Å². The Hall–Kier alpha value is -4.61. The number of carboxylic acid groups (broad SMARTS) is 1. The lowest BCUT2D eigenvalue weighted by molar-refractivity contribution is -0.143. The molecule has 0 aliphatic carbocycles. The van der Waals surface area contributed by atoms with Crippen LogP contribution in [-0.2, 0) is 27.3 Å². The van der Waals surface area contributed by atoms with E-state index in [4.69, 9.17) is 19.9 Å². The van der Waals surface area contributed by atoms with E-state index in [0.717, 1.165) is 40.9 Å². The summed E-state index contributed by atoms with van der Waals surface area (Å²) in [5.74, 6) is -0.963. The van der Waals surface area contributed by atoms with Crippen molar-refractivity contribution in [1.82, 2.24) is 4.90 Å². The van der Waals surface area contributed by atoms with Crippen LogP contribution in [0.15, 0.2) is 60.7 Å². The zero-order valence-corrected chi connectivity index (χ0v) is 26.9. The van der Waals surface area contributed by atoms with Gasteiger partial charge in [0.2, 0.25) is 24.4 Å². The van der Waals surface area contributed by atoms with Crippen molar-refractivity contribution in [2.75, 3.05) is 49.9 Å². The molecule has 0 radical (unpaired) electrons. The first-order valence-electron chi connectivity index (χ1n) is 16.2. The fourth-order valence-electron chi connectivity index (χ4n) is 7.20. The predicted molar refractivity (Wildman–Crippen MR) is 177 cm³/mol. The number of benzene rings is 3. The van der Waals surface area contributed by atoms with Crippen molar-refractivity contribution in [3.8, 4) is 17.2 Å². The van der Waals surface area contributed by atoms with Gasteiger partial charge < -0.3 is 34.9 Å². The number of para-hydroxylation sites is 1. The molecule has 6 rings (SSSR count). The summed E-state index contributed by atoms with van der Waals surface area (Å²) >= 11 is 0. The number of carbonyl (C=O) groups excluding carboxylic acids is 2. The molecular weight excluding hydrogens is 600 g/mol. The zero-order chi connectivity index (χ0) is 33.1. The zero-order valence-electron chi connectivity index (χ0n) is 26.9. The topological polar surface area (TPSA) is 135 Å². The average Bonchev–Trinajstić information content (AvgIpc) is 3.78. The van der Waals surface area contributed by atoms with E-state index in [1.807, 2.05) is 65.6 Å². The van der Waals surface area contributed by atoms with Gasteiger partial charge in [0.25, 0.3) is 0 Å². The van der Waals surface area contributed by atoms with E-state index in [1.54, 1.807) is 9.80 Å². The van der Waals surface area contributed by atoms with Crippen molar-refractivity contribution in [3.63, 3.8) is 0 Å². The van der Waals surface area contributed by atoms with Crippen LogP contribution < -0.4 is 29.7 Å². The van der Waals surface area contributed by atoms with Gasteiger partial charge in [-0.3, -0.25) is 19.3 Å². The van der Waals surface area contributed by atoms with Gasteiger partial charge in [0, 0.05) is 49.5 Å². The molecule has 11 heteroatoms. The van der Waals surface area contributed by atoms with Crippen LogP contribution in [0.4, 0.5) is 11.4 Å². The summed E-state index contributed by atoms with van der Waals surface area (Å²) in [6.07, 6.45) is 2.42. The highest BCUT2D eigenvalue weighted by atomic mass is 16.7. The van der Waals surface area contributed by atoms with Crippen molar-refractivity contribution in [2.24, 2.45) is 11.7 Å². The molecule has 0 spiro atoms. The Kier molecular flexibility index (Phi) is 9.65. The van der Waals surface area contributed by atoms with Crippen molar-refractivity contribution in [2.45, 2.75) is 51.1 Å². The number of hydrogen-bond acceptors (Lipinski definition) is 8. The third-order valence-electron chi connectivity index (χ3n) is 9.55. The van der Waals surface area contributed by atoms with Crippen LogP contribution in [0.2, 0.25) is 0 Å². The normalized spacial score (nSPS) is 20.0. The van der Waals surface area contributed by atoms with E-state index in [2.05, 4.69) is 6.92 Å². The fourth-order valence-corrected chi connectivity index (χ4v) is 7.20. The van der Waals surface area contributed by atoms with Gasteiger partial charge in [-0.05, 0) is 59.9 Å². The van der Waals surface area contributed by atoms with Crippen LogP contribution in [0.25, 0.3) is 0 Å². The molecule has 3 aliphatic heterocycles. The molecule has 47 heavy (non-hydrogen) atoms. The summed E-state index contributed by atoms with van der Waals surface area (Å²) in [7, 11) is 1.54. The number of rotatable bonds is 13. The van der Waals surface area contributed by atoms with Crippen LogP contribution in [0, 0.1) is 5.92 Å². The number of nitrogens with two attached hydrogens (primary N) is 1. The number of fused-ring (bicyclic) bond motifs is 2. The number of methoxy groups -OCH3 is 1. The smallest absolute Gasteiger partial charge is 0.308 e. The largest absolute Gasteiger partial charge is 0.493 e. The maximum atomic E-state index is 14.2. The molecule has 1 fully saturated rings. The Morgan fingerprint density at radius 1 is 1.11 bits per heavy atom. The fraction of sp³-hybridized carbons (Fsp3) is 0.417. The Labute approximate surface area is 274 Å². The number of unbranched alkanes of at least 4 members (excludes halogenated alkanes) is 1. The number of carboxylic acids is 1. The molecule has 0 bridgehead atoms. The van der Waals surface area contributed by atoms with Crippen LogP contribution in [-0.4, -0.2) is 73.9 Å². The Balaban J connectivity index is 1.33. The molecular formula is C36H42N4O7. The van der Waals surface area contributed by atoms with E-state index in [9.17, 15) is 19.5 Å². The number of likely N-dealkylation sites (tertiary alicyclic amines) is 1. The molecule has 3 aromatic rings. The first-order chi connectivity index (χ1) is 22.8. The molecule has 3 aromatic carbocycles. The quantitative estimate of drug-likeness (QED) is 0.282. The van der Waals surface area contributed by atoms with E-state index in [1.165, 1.54) is 7.11 Å². The van der Waals surface area contributed by atoms with Gasteiger partial charge in [-0.15, -0.1) is 0 Å². The SMILES string of the molecule is CCCCN(C(=O)CN1CC(c2cc(OC)c3c(c2)OCO3)C(C(=O)O)C1CCN1C(=O)Cc2ccccc21)c1cccc(CN)c1. The Morgan fingerprint density at radius 3 is 2.70 bits per heavy atom. The number of carbonyl (C=O) groups is 3. The van der Waals surface area contributed by atoms with E-state index in [-0.39, 0.29) is 25.2 Å². The van der Waals surface area contributed by atoms with Gasteiger partial charge in [-0.25, -0.2) is 0 Å². The van der Waals surface area contributed by atoms with Crippen molar-refractivity contribution >= 4 is 29.2 Å². The lowest BCUT2D eigenvalue weighted by atomic mass is 9.84. The van der Waals surface area contributed by atoms with Crippen LogP contribution in [0.1, 0.15) is 48.8 Å². The molecule has 3 aliphatic rings. The van der Waals surface area contributed by atoms with Gasteiger partial charge >= 0.3 is 5.97 Å². The summed E-state index contributed by atoms with van der Waals surface area (Å²) in [5, 5.41) is 10.7. The molecule has 3 unspecified atom stereocenters. The highest BCUT2D eigenvalue weighted by Crippen LogP contribution is 2.47. The molecule has 3 atom stereocenters. The summed E-state index contributed by atoms with van der Waals surface area (Å²) in [6, 6.07) is 18.5. The third-order valence-corrected chi connectivity index (χ3v) is 9.55. The third kappa shape index (κ3) is 6.50. The standard InChI is InChI=1S/C36H42N4O7/c1-3-4-13-39(26-10-7-8-23(15-26)19-37)33(42)21-38-20-27(25-16-30(45-2)35-31(17-25)46-22-47-35)34(36(43)44)29(38)12-14-40-28-11-6-5-9-24(28)18-32(40)41/h5-11,15-17,27,29,34H,3-4,12-14,18-22,37H2,1-2H3,(H,43,44). The number of hydrogen-bond donors (Lipinski definition) is 2. The second kappa shape index (κ2) is 14.0. The van der Waals surface area contributed by atoms with Gasteiger partial charge in [-0.2, -0.15) is 0 Å². The second-order valence-electron chi connectivity index (χ2n) is 12.3. The first kappa shape index (κ1) is 32.3. The van der Waals surface area contributed by atoms with E-state index < -0.39 is 23.8 Å². The minimum absolute atomic E-state index is 0.0127. The molecule has 0 aromatic heterocycles. The predicted octanol–water partition coefficient (Wildman–Crippen LogP) is 4.16. The second-order valence-corrected chi connectivity index (χ2v) is 12.3. The molecule has 2 amide bonds. The molecule has 0 saturated carbocycles. The number of ether oxygens (including phenoxy) is 3. The van der Waals surface area contributed by atoms with Crippen LogP contribution in [0.3, 0.4) is 0 Å². The number of anilines is 2. The summed E-state index contributed by atoms with van der Waals surface area (Å²) in [5.41, 5.74) is 10.2. The molecule has 1 saturated heterocycles. The van der Waals surface area contributed by atoms with E-state index in [0.29, 0.717) is 56.3 Å². The Bertz CT molecular complexity index is 1650. The van der Waals surface area contributed by atoms with Crippen molar-refractivity contribution in [1.29, 1.82) is 0 Å². The molecule has 248 valence electrons.